The lowest BCUT2D eigenvalue weighted by atomic mass is 9.99. The Morgan fingerprint density at radius 1 is 0.957 bits per heavy atom. The average molecular weight is 310 g/mol. The molecule has 2 nitrogen and oxygen atoms in total. The van der Waals surface area contributed by atoms with E-state index >= 15 is 0 Å². The summed E-state index contributed by atoms with van der Waals surface area (Å²) < 4.78 is 5.95. The molecular weight excluding hydrogens is 284 g/mol. The normalized spacial score (nSPS) is 12.3. The van der Waals surface area contributed by atoms with Crippen LogP contribution in [0.25, 0.3) is 0 Å². The lowest BCUT2D eigenvalue weighted by molar-refractivity contribution is 0.0817. The van der Waals surface area contributed by atoms with Crippen molar-refractivity contribution in [2.45, 2.75) is 53.6 Å². The second kappa shape index (κ2) is 6.99. The molecular formula is C21H26O2. The highest BCUT2D eigenvalue weighted by molar-refractivity contribution is 5.99. The molecule has 0 saturated carbocycles. The van der Waals surface area contributed by atoms with Crippen molar-refractivity contribution in [1.82, 2.24) is 0 Å². The van der Waals surface area contributed by atoms with E-state index in [9.17, 15) is 4.79 Å². The van der Waals surface area contributed by atoms with Crippen LogP contribution in [0.1, 0.15) is 59.3 Å². The highest BCUT2D eigenvalue weighted by Gasteiger charge is 2.18. The summed E-state index contributed by atoms with van der Waals surface area (Å²) in [6.07, 6.45) is -0.500. The predicted octanol–water partition coefficient (Wildman–Crippen LogP) is 5.39. The molecule has 0 aromatic heterocycles. The van der Waals surface area contributed by atoms with E-state index in [1.54, 1.807) is 0 Å². The Labute approximate surface area is 139 Å². The van der Waals surface area contributed by atoms with E-state index in [2.05, 4.69) is 26.8 Å². The van der Waals surface area contributed by atoms with E-state index in [-0.39, 0.29) is 5.78 Å². The van der Waals surface area contributed by atoms with Crippen LogP contribution in [0, 0.1) is 20.8 Å². The monoisotopic (exact) mass is 310 g/mol. The zero-order chi connectivity index (χ0) is 17.1. The summed E-state index contributed by atoms with van der Waals surface area (Å²) in [5, 5.41) is 0. The van der Waals surface area contributed by atoms with Crippen LogP contribution in [0.15, 0.2) is 36.4 Å². The Hall–Kier alpha value is -2.09. The number of ether oxygens (including phenoxy) is 1. The lowest BCUT2D eigenvalue weighted by Gasteiger charge is -2.17. The molecule has 0 aliphatic rings. The van der Waals surface area contributed by atoms with Crippen LogP contribution in [0.5, 0.6) is 5.75 Å². The third-order valence-electron chi connectivity index (χ3n) is 4.30. The van der Waals surface area contributed by atoms with Crippen LogP contribution in [0.2, 0.25) is 0 Å². The highest BCUT2D eigenvalue weighted by atomic mass is 16.5. The van der Waals surface area contributed by atoms with Gasteiger partial charge < -0.3 is 4.74 Å². The summed E-state index contributed by atoms with van der Waals surface area (Å²) in [6.45, 7) is 12.2. The molecule has 1 unspecified atom stereocenters. The molecule has 1 atom stereocenters. The molecule has 0 radical (unpaired) electrons. The maximum atomic E-state index is 12.6. The van der Waals surface area contributed by atoms with Crippen LogP contribution in [-0.4, -0.2) is 11.9 Å². The van der Waals surface area contributed by atoms with Gasteiger partial charge in [-0.05, 0) is 61.9 Å². The molecule has 23 heavy (non-hydrogen) atoms. The fourth-order valence-corrected chi connectivity index (χ4v) is 2.63. The van der Waals surface area contributed by atoms with Crippen LogP contribution in [0.3, 0.4) is 0 Å². The first kappa shape index (κ1) is 17.3. The number of ketones is 1. The van der Waals surface area contributed by atoms with Gasteiger partial charge in [0.15, 0.2) is 6.10 Å². The maximum absolute atomic E-state index is 12.6. The standard InChI is InChI=1S/C21H26O2/c1-13(2)18-7-9-19(10-8-18)21(22)17(6)23-20-12-14(3)11-15(4)16(20)5/h7-13,17H,1-6H3. The van der Waals surface area contributed by atoms with Crippen LogP contribution in [-0.2, 0) is 0 Å². The van der Waals surface area contributed by atoms with Crippen molar-refractivity contribution < 1.29 is 9.53 Å². The van der Waals surface area contributed by atoms with Crippen molar-refractivity contribution in [1.29, 1.82) is 0 Å². The van der Waals surface area contributed by atoms with Gasteiger partial charge in [0.05, 0.1) is 0 Å². The summed E-state index contributed by atoms with van der Waals surface area (Å²) in [7, 11) is 0. The first-order valence-electron chi connectivity index (χ1n) is 8.18. The molecule has 0 fully saturated rings. The van der Waals surface area contributed by atoms with Gasteiger partial charge in [0.2, 0.25) is 5.78 Å². The predicted molar refractivity (Wildman–Crippen MR) is 95.6 cm³/mol. The molecule has 2 aromatic carbocycles. The number of carbonyl (C=O) groups excluding carboxylic acids is 1. The van der Waals surface area contributed by atoms with Crippen LogP contribution < -0.4 is 4.74 Å². The Bertz CT molecular complexity index is 697. The number of hydrogen-bond acceptors (Lipinski definition) is 2. The van der Waals surface area contributed by atoms with Crippen LogP contribution >= 0.6 is 0 Å². The lowest BCUT2D eigenvalue weighted by Crippen LogP contribution is -2.24. The third kappa shape index (κ3) is 4.01. The molecule has 2 aromatic rings. The molecule has 0 aliphatic carbocycles. The topological polar surface area (TPSA) is 26.3 Å². The molecule has 2 rings (SSSR count). The molecule has 0 bridgehead atoms. The quantitative estimate of drug-likeness (QED) is 0.692. The largest absolute Gasteiger partial charge is 0.482 e. The van der Waals surface area contributed by atoms with Crippen molar-refractivity contribution in [3.63, 3.8) is 0 Å². The van der Waals surface area contributed by atoms with Gasteiger partial charge in [-0.2, -0.15) is 0 Å². The number of benzene rings is 2. The van der Waals surface area contributed by atoms with E-state index in [0.717, 1.165) is 16.9 Å². The second-order valence-corrected chi connectivity index (χ2v) is 6.61. The van der Waals surface area contributed by atoms with Gasteiger partial charge in [0.1, 0.15) is 5.75 Å². The fraction of sp³-hybridized carbons (Fsp3) is 0.381. The van der Waals surface area contributed by atoms with Gasteiger partial charge in [-0.1, -0.05) is 44.2 Å². The molecule has 0 heterocycles. The summed E-state index contributed by atoms with van der Waals surface area (Å²) in [6, 6.07) is 11.9. The van der Waals surface area contributed by atoms with Gasteiger partial charge in [-0.3, -0.25) is 4.79 Å². The number of aryl methyl sites for hydroxylation is 2. The minimum Gasteiger partial charge on any atom is -0.482 e. The van der Waals surface area contributed by atoms with Gasteiger partial charge in [0, 0.05) is 5.56 Å². The number of Topliss-reactive ketones (excluding diaryl/α,β-unsaturated/α-hetero) is 1. The van der Waals surface area contributed by atoms with E-state index < -0.39 is 6.10 Å². The maximum Gasteiger partial charge on any atom is 0.202 e. The van der Waals surface area contributed by atoms with Gasteiger partial charge >= 0.3 is 0 Å². The van der Waals surface area contributed by atoms with E-state index in [1.165, 1.54) is 11.1 Å². The van der Waals surface area contributed by atoms with Crippen molar-refractivity contribution in [2.75, 3.05) is 0 Å². The Kier molecular flexibility index (Phi) is 5.25. The zero-order valence-electron chi connectivity index (χ0n) is 14.9. The molecule has 122 valence electrons. The van der Waals surface area contributed by atoms with Crippen molar-refractivity contribution in [2.24, 2.45) is 0 Å². The second-order valence-electron chi connectivity index (χ2n) is 6.61. The zero-order valence-corrected chi connectivity index (χ0v) is 14.9. The number of carbonyl (C=O) groups is 1. The third-order valence-corrected chi connectivity index (χ3v) is 4.30. The molecule has 0 aliphatic heterocycles. The smallest absolute Gasteiger partial charge is 0.202 e. The van der Waals surface area contributed by atoms with E-state index in [0.29, 0.717) is 11.5 Å². The van der Waals surface area contributed by atoms with Crippen molar-refractivity contribution >= 4 is 5.78 Å². The fourth-order valence-electron chi connectivity index (χ4n) is 2.63. The van der Waals surface area contributed by atoms with Gasteiger partial charge in [-0.25, -0.2) is 0 Å². The minimum atomic E-state index is -0.500. The van der Waals surface area contributed by atoms with Crippen LogP contribution in [0.4, 0.5) is 0 Å². The molecule has 0 spiro atoms. The SMILES string of the molecule is Cc1cc(C)c(C)c(OC(C)C(=O)c2ccc(C(C)C)cc2)c1. The first-order valence-corrected chi connectivity index (χ1v) is 8.18. The van der Waals surface area contributed by atoms with Crippen molar-refractivity contribution in [3.8, 4) is 5.75 Å². The van der Waals surface area contributed by atoms with E-state index in [4.69, 9.17) is 4.74 Å². The Morgan fingerprint density at radius 2 is 1.57 bits per heavy atom. The molecule has 2 heteroatoms. The summed E-state index contributed by atoms with van der Waals surface area (Å²) in [4.78, 5) is 12.6. The van der Waals surface area contributed by atoms with E-state index in [1.807, 2.05) is 51.1 Å². The molecule has 0 saturated heterocycles. The minimum absolute atomic E-state index is 0.0128. The first-order chi connectivity index (χ1) is 10.8. The molecule has 0 amide bonds. The van der Waals surface area contributed by atoms with Gasteiger partial charge in [-0.15, -0.1) is 0 Å². The summed E-state index contributed by atoms with van der Waals surface area (Å²) in [5.74, 6) is 1.27. The highest BCUT2D eigenvalue weighted by Crippen LogP contribution is 2.25. The summed E-state index contributed by atoms with van der Waals surface area (Å²) in [5.41, 5.74) is 5.35. The molecule has 0 N–H and O–H groups in total. The summed E-state index contributed by atoms with van der Waals surface area (Å²) >= 11 is 0. The Morgan fingerprint density at radius 3 is 2.13 bits per heavy atom. The van der Waals surface area contributed by atoms with Gasteiger partial charge in [0.25, 0.3) is 0 Å². The average Bonchev–Trinajstić information content (AvgIpc) is 2.51. The number of hydrogen-bond donors (Lipinski definition) is 0. The number of rotatable bonds is 5. The van der Waals surface area contributed by atoms with Crippen molar-refractivity contribution in [3.05, 3.63) is 64.2 Å². The Balaban J connectivity index is 2.17.